The number of fused-ring (bicyclic) bond motifs is 3. The minimum absolute atomic E-state index is 0.0899. The van der Waals surface area contributed by atoms with Gasteiger partial charge in [-0.3, -0.25) is 28.8 Å². The number of aromatic nitrogens is 7. The zero-order chi connectivity index (χ0) is 56.4. The first kappa shape index (κ1) is 52.8. The summed E-state index contributed by atoms with van der Waals surface area (Å²) >= 11 is 10.1. The van der Waals surface area contributed by atoms with E-state index in [2.05, 4.69) is 51.5 Å². The van der Waals surface area contributed by atoms with Crippen molar-refractivity contribution >= 4 is 96.0 Å². The number of carbonyl (C=O) groups is 6. The molecule has 7 heterocycles. The highest BCUT2D eigenvalue weighted by molar-refractivity contribution is 9.10. The molecule has 0 radical (unpaired) electrons. The highest BCUT2D eigenvalue weighted by Gasteiger charge is 2.64. The van der Waals surface area contributed by atoms with Crippen molar-refractivity contribution in [1.82, 2.24) is 43.9 Å². The molecule has 17 nitrogen and oxygen atoms in total. The minimum Gasteiger partial charge on any atom is -0.337 e. The summed E-state index contributed by atoms with van der Waals surface area (Å²) in [5.41, 5.74) is 6.25. The predicted molar refractivity (Wildman–Crippen MR) is 302 cm³/mol. The summed E-state index contributed by atoms with van der Waals surface area (Å²) in [6.07, 6.45) is 11.2. The van der Waals surface area contributed by atoms with Crippen molar-refractivity contribution in [3.05, 3.63) is 173 Å². The van der Waals surface area contributed by atoms with Crippen LogP contribution in [0.25, 0.3) is 55.2 Å². The number of carbonyl (C=O) groups excluding carboxylic acids is 6. The second kappa shape index (κ2) is 21.3. The number of hydrogen-bond acceptors (Lipinski definition) is 11. The average Bonchev–Trinajstić information content (AvgIpc) is 3.59. The van der Waals surface area contributed by atoms with Crippen molar-refractivity contribution < 1.29 is 37.5 Å². The van der Waals surface area contributed by atoms with E-state index in [0.717, 1.165) is 22.3 Å². The van der Waals surface area contributed by atoms with Gasteiger partial charge in [-0.25, -0.2) is 33.7 Å². The number of nitrogens with one attached hydrogen (secondary N) is 2. The van der Waals surface area contributed by atoms with Gasteiger partial charge in [-0.05, 0) is 101 Å². The summed E-state index contributed by atoms with van der Waals surface area (Å²) in [7, 11) is 0. The lowest BCUT2D eigenvalue weighted by Gasteiger charge is -2.29. The summed E-state index contributed by atoms with van der Waals surface area (Å²) < 4.78 is 35.2. The van der Waals surface area contributed by atoms with Gasteiger partial charge in [0.25, 0.3) is 0 Å². The lowest BCUT2D eigenvalue weighted by Crippen LogP contribution is -2.47. The van der Waals surface area contributed by atoms with E-state index in [1.807, 2.05) is 30.3 Å². The Morgan fingerprint density at radius 3 is 1.84 bits per heavy atom. The largest absolute Gasteiger partial charge is 0.337 e. The smallest absolute Gasteiger partial charge is 0.248 e. The van der Waals surface area contributed by atoms with Crippen LogP contribution in [-0.4, -0.2) is 110 Å². The van der Waals surface area contributed by atoms with Gasteiger partial charge in [0.15, 0.2) is 17.4 Å². The Hall–Kier alpha value is -8.88. The van der Waals surface area contributed by atoms with E-state index in [1.165, 1.54) is 37.5 Å². The predicted octanol–water partition coefficient (Wildman–Crippen LogP) is 10.1. The number of rotatable bonds is 14. The third-order valence-electron chi connectivity index (χ3n) is 15.6. The second-order valence-corrected chi connectivity index (χ2v) is 21.7. The number of halogens is 4. The molecule has 21 heteroatoms. The third-order valence-corrected chi connectivity index (χ3v) is 16.5. The summed E-state index contributed by atoms with van der Waals surface area (Å²) in [5, 5.41) is 7.09. The molecule has 3 aliphatic rings. The Morgan fingerprint density at radius 1 is 0.667 bits per heavy atom. The number of likely N-dealkylation sites (tertiary alicyclic amines) is 2. The maximum absolute atomic E-state index is 16.3. The number of Topliss-reactive ketones (excluding diaryl/α,β-unsaturated/α-hetero) is 2. The van der Waals surface area contributed by atoms with E-state index in [9.17, 15) is 28.8 Å². The van der Waals surface area contributed by atoms with Crippen LogP contribution in [0.4, 0.5) is 20.3 Å². The molecule has 4 aromatic carbocycles. The number of nitrogens with zero attached hydrogens (tertiary/aromatic N) is 9. The quantitative estimate of drug-likeness (QED) is 0.0774. The first-order chi connectivity index (χ1) is 39.1. The van der Waals surface area contributed by atoms with Gasteiger partial charge in [0.2, 0.25) is 23.6 Å². The lowest BCUT2D eigenvalue weighted by atomic mass is 10.0. The van der Waals surface area contributed by atoms with E-state index in [4.69, 9.17) is 11.6 Å². The molecule has 2 saturated heterocycles. The van der Waals surface area contributed by atoms with Crippen LogP contribution < -0.4 is 10.6 Å². The minimum atomic E-state index is -1.48. The van der Waals surface area contributed by atoms with Gasteiger partial charge in [-0.1, -0.05) is 60.1 Å². The fourth-order valence-corrected chi connectivity index (χ4v) is 12.6. The number of ketones is 2. The van der Waals surface area contributed by atoms with E-state index in [0.29, 0.717) is 53.7 Å². The molecule has 0 bridgehead atoms. The molecular formula is C60H47BrClF2N11O6. The highest BCUT2D eigenvalue weighted by atomic mass is 79.9. The highest BCUT2D eigenvalue weighted by Crippen LogP contribution is 2.60. The van der Waals surface area contributed by atoms with Crippen molar-refractivity contribution in [2.75, 3.05) is 17.2 Å². The molecule has 1 unspecified atom stereocenters. The molecule has 1 saturated carbocycles. The van der Waals surface area contributed by atoms with Crippen LogP contribution in [0.1, 0.15) is 58.9 Å². The summed E-state index contributed by atoms with van der Waals surface area (Å²) in [6, 6.07) is 23.0. The molecule has 5 aromatic heterocycles. The number of piperidine rings is 1. The standard InChI is InChI=1S/C60H47BrClF2N11O6/c1-31(76)44-25-72(48-13-10-33(16-41(44)48)35-20-65-29-66-21-35)27-53(78)74-24-37(63)18-50(74)59(80)71-52-15-12-40(58(61)70-52)55-43-19-51(60(81)69-47-9-5-7-39(56(47)64)38-6-3-4-8-46(38)62)75(57(43)55)54(79)28-73-26-45(32(2)77)42-17-34(11-14-49(42)73)36-22-67-30-68-23-36/h3-17,20-23,25-26,29-30,37,43,50-51,55,57H,18-19,24,27-28H2,1-2H3,(H,69,81)(H,70,71,80)/t37-,43+,50+,51+,55-,57?/m1/s1. The summed E-state index contributed by atoms with van der Waals surface area (Å²) in [6.45, 7) is 2.07. The van der Waals surface area contributed by atoms with Crippen molar-refractivity contribution in [1.29, 1.82) is 0 Å². The second-order valence-electron chi connectivity index (χ2n) is 20.5. The van der Waals surface area contributed by atoms with Gasteiger partial charge in [0.05, 0.1) is 12.2 Å². The fraction of sp³-hybridized carbons (Fsp3) is 0.217. The van der Waals surface area contributed by atoms with Crippen LogP contribution in [0.3, 0.4) is 0 Å². The molecular weight excluding hydrogens is 1120 g/mol. The SMILES string of the molecule is CC(=O)c1cn(CC(=O)N2C[C@H](F)C[C@H]2C(=O)Nc2ccc([C@H]3C4[C@H]3C[C@@H](C(=O)Nc3cccc(-c5ccccc5Cl)c3F)N4C(=O)Cn3cc(C(C)=O)c4cc(-c5cncnc5)ccc43)c(Br)n2)c2ccc(-c3cncnc3)cc12. The lowest BCUT2D eigenvalue weighted by molar-refractivity contribution is -0.138. The fourth-order valence-electron chi connectivity index (χ4n) is 11.7. The third kappa shape index (κ3) is 9.91. The number of hydrogen-bond donors (Lipinski definition) is 2. The maximum Gasteiger partial charge on any atom is 0.248 e. The average molecular weight is 1170 g/mol. The zero-order valence-corrected chi connectivity index (χ0v) is 45.6. The van der Waals surface area contributed by atoms with Crippen LogP contribution in [0.15, 0.2) is 145 Å². The van der Waals surface area contributed by atoms with Crippen LogP contribution >= 0.6 is 27.5 Å². The maximum atomic E-state index is 16.3. The van der Waals surface area contributed by atoms with Crippen molar-refractivity contribution in [2.45, 2.75) is 70.0 Å². The van der Waals surface area contributed by atoms with E-state index in [1.54, 1.807) is 106 Å². The van der Waals surface area contributed by atoms with E-state index in [-0.39, 0.29) is 72.9 Å². The molecule has 2 aliphatic heterocycles. The molecule has 1 aliphatic carbocycles. The van der Waals surface area contributed by atoms with Gasteiger partial charge in [-0.2, -0.15) is 0 Å². The summed E-state index contributed by atoms with van der Waals surface area (Å²) in [4.78, 5) is 107. The van der Waals surface area contributed by atoms with Crippen LogP contribution in [0.5, 0.6) is 0 Å². The zero-order valence-electron chi connectivity index (χ0n) is 43.3. The van der Waals surface area contributed by atoms with Crippen molar-refractivity contribution in [3.8, 4) is 33.4 Å². The van der Waals surface area contributed by atoms with Crippen molar-refractivity contribution in [2.24, 2.45) is 5.92 Å². The van der Waals surface area contributed by atoms with Crippen LogP contribution in [0.2, 0.25) is 5.02 Å². The molecule has 81 heavy (non-hydrogen) atoms. The van der Waals surface area contributed by atoms with E-state index < -0.39 is 53.7 Å². The topological polar surface area (TPSA) is 207 Å². The Balaban J connectivity index is 0.787. The first-order valence-corrected chi connectivity index (χ1v) is 27.1. The Morgan fingerprint density at radius 2 is 1.25 bits per heavy atom. The molecule has 12 rings (SSSR count). The number of anilines is 2. The summed E-state index contributed by atoms with van der Waals surface area (Å²) in [5.74, 6) is -3.75. The Labute approximate surface area is 474 Å². The normalized spacial score (nSPS) is 19.2. The van der Waals surface area contributed by atoms with Crippen LogP contribution in [0, 0.1) is 11.7 Å². The molecule has 406 valence electrons. The first-order valence-electron chi connectivity index (χ1n) is 26.0. The van der Waals surface area contributed by atoms with Gasteiger partial charge >= 0.3 is 0 Å². The Kier molecular flexibility index (Phi) is 13.9. The van der Waals surface area contributed by atoms with Crippen LogP contribution in [-0.2, 0) is 32.3 Å². The molecule has 6 atom stereocenters. The van der Waals surface area contributed by atoms with Gasteiger partial charge in [0.1, 0.15) is 54.4 Å². The number of pyridine rings is 1. The molecule has 2 N–H and O–H groups in total. The van der Waals surface area contributed by atoms with E-state index >= 15 is 8.78 Å². The van der Waals surface area contributed by atoms with Crippen molar-refractivity contribution in [3.63, 3.8) is 0 Å². The van der Waals surface area contributed by atoms with Gasteiger partial charge in [-0.15, -0.1) is 0 Å². The van der Waals surface area contributed by atoms with Gasteiger partial charge in [0, 0.05) is 116 Å². The molecule has 9 aromatic rings. The Bertz CT molecular complexity index is 4070. The number of alkyl halides is 1. The molecule has 4 amide bonds. The number of benzene rings is 4. The van der Waals surface area contributed by atoms with Gasteiger partial charge < -0.3 is 29.6 Å². The molecule has 0 spiro atoms. The monoisotopic (exact) mass is 1170 g/mol. The number of amides is 4. The molecule has 3 fully saturated rings.